The Balaban J connectivity index is 1.26. The highest BCUT2D eigenvalue weighted by molar-refractivity contribution is 5.58. The van der Waals surface area contributed by atoms with Crippen LogP contribution < -0.4 is 10.3 Å². The minimum atomic E-state index is -0.0987. The molecule has 8 heteroatoms. The zero-order valence-corrected chi connectivity index (χ0v) is 16.9. The number of ether oxygens (including phenoxy) is 1. The molecule has 0 aliphatic carbocycles. The van der Waals surface area contributed by atoms with Gasteiger partial charge in [0, 0.05) is 35.8 Å². The first-order chi connectivity index (χ1) is 15.7. The molecule has 0 radical (unpaired) electrons. The molecule has 0 N–H and O–H groups in total. The van der Waals surface area contributed by atoms with E-state index in [4.69, 9.17) is 13.7 Å². The number of furan rings is 1. The van der Waals surface area contributed by atoms with Crippen LogP contribution >= 0.6 is 0 Å². The van der Waals surface area contributed by atoms with Gasteiger partial charge in [-0.1, -0.05) is 17.3 Å². The Morgan fingerprint density at radius 2 is 1.88 bits per heavy atom. The number of nitrogens with zero attached hydrogens (tertiary/aromatic N) is 4. The van der Waals surface area contributed by atoms with Gasteiger partial charge in [0.25, 0.3) is 11.4 Å². The average molecular weight is 426 g/mol. The maximum absolute atomic E-state index is 11.9. The summed E-state index contributed by atoms with van der Waals surface area (Å²) in [5.74, 6) is 2.50. The predicted molar refractivity (Wildman–Crippen MR) is 116 cm³/mol. The van der Waals surface area contributed by atoms with Gasteiger partial charge in [0.1, 0.15) is 18.1 Å². The molecule has 1 aromatic carbocycles. The molecule has 32 heavy (non-hydrogen) atoms. The van der Waals surface area contributed by atoms with Gasteiger partial charge in [-0.05, 0) is 48.5 Å². The van der Waals surface area contributed by atoms with Crippen molar-refractivity contribution in [2.24, 2.45) is 0 Å². The number of benzene rings is 1. The van der Waals surface area contributed by atoms with E-state index >= 15 is 0 Å². The molecular weight excluding hydrogens is 408 g/mol. The molecule has 5 aromatic rings. The average Bonchev–Trinajstić information content (AvgIpc) is 3.50. The molecule has 0 fully saturated rings. The molecule has 0 saturated heterocycles. The van der Waals surface area contributed by atoms with E-state index in [9.17, 15) is 4.79 Å². The molecular formula is C24H18N4O4. The molecule has 0 aliphatic rings. The normalized spacial score (nSPS) is 10.9. The number of rotatable bonds is 7. The summed E-state index contributed by atoms with van der Waals surface area (Å²) in [6.45, 7) is 0.761. The van der Waals surface area contributed by atoms with Gasteiger partial charge in [-0.15, -0.1) is 0 Å². The lowest BCUT2D eigenvalue weighted by molar-refractivity contribution is 0.306. The van der Waals surface area contributed by atoms with E-state index in [1.54, 1.807) is 47.4 Å². The summed E-state index contributed by atoms with van der Waals surface area (Å²) in [6, 6.07) is 19.8. The van der Waals surface area contributed by atoms with Crippen LogP contribution in [0.2, 0.25) is 0 Å². The molecule has 8 nitrogen and oxygen atoms in total. The summed E-state index contributed by atoms with van der Waals surface area (Å²) in [6.07, 6.45) is 5.21. The van der Waals surface area contributed by atoms with Crippen LogP contribution in [-0.2, 0) is 13.2 Å². The summed E-state index contributed by atoms with van der Waals surface area (Å²) >= 11 is 0. The summed E-state index contributed by atoms with van der Waals surface area (Å²) in [7, 11) is 0. The number of aromatic nitrogens is 4. The molecule has 0 amide bonds. The van der Waals surface area contributed by atoms with Crippen LogP contribution in [0.25, 0.3) is 23.0 Å². The predicted octanol–water partition coefficient (Wildman–Crippen LogP) is 4.18. The maximum atomic E-state index is 11.9. The topological polar surface area (TPSA) is 96.2 Å². The zero-order valence-electron chi connectivity index (χ0n) is 16.9. The second-order valence-corrected chi connectivity index (χ2v) is 7.03. The Bertz CT molecular complexity index is 1370. The third kappa shape index (κ3) is 4.34. The fourth-order valence-electron chi connectivity index (χ4n) is 3.13. The first-order valence-electron chi connectivity index (χ1n) is 9.95. The van der Waals surface area contributed by atoms with Crippen molar-refractivity contribution in [2.45, 2.75) is 13.2 Å². The van der Waals surface area contributed by atoms with E-state index in [0.29, 0.717) is 30.5 Å². The lowest BCUT2D eigenvalue weighted by Crippen LogP contribution is -2.17. The van der Waals surface area contributed by atoms with Gasteiger partial charge in [0.05, 0.1) is 6.54 Å². The van der Waals surface area contributed by atoms with Crippen molar-refractivity contribution in [3.63, 3.8) is 0 Å². The molecule has 4 aromatic heterocycles. The maximum Gasteiger partial charge on any atom is 0.293 e. The van der Waals surface area contributed by atoms with Gasteiger partial charge >= 0.3 is 0 Å². The Morgan fingerprint density at radius 1 is 0.969 bits per heavy atom. The Hall–Kier alpha value is -4.46. The van der Waals surface area contributed by atoms with Crippen LogP contribution in [0.1, 0.15) is 11.3 Å². The summed E-state index contributed by atoms with van der Waals surface area (Å²) in [5, 5.41) is 4.04. The van der Waals surface area contributed by atoms with Gasteiger partial charge in [-0.2, -0.15) is 4.98 Å². The van der Waals surface area contributed by atoms with E-state index < -0.39 is 0 Å². The van der Waals surface area contributed by atoms with Gasteiger partial charge in [-0.25, -0.2) is 0 Å². The molecule has 4 heterocycles. The van der Waals surface area contributed by atoms with Crippen molar-refractivity contribution < 1.29 is 13.7 Å². The SMILES string of the molecule is O=c1ccccn1Cc1ccc(-c2nc(-c3ccc(OCc4cccnc4)cc3)no2)o1. The van der Waals surface area contributed by atoms with Crippen molar-refractivity contribution in [3.8, 4) is 28.8 Å². The summed E-state index contributed by atoms with van der Waals surface area (Å²) in [4.78, 5) is 20.4. The molecule has 5 rings (SSSR count). The molecule has 0 unspecified atom stereocenters. The lowest BCUT2D eigenvalue weighted by Gasteiger charge is -2.06. The zero-order chi connectivity index (χ0) is 21.8. The van der Waals surface area contributed by atoms with Crippen molar-refractivity contribution >= 4 is 0 Å². The van der Waals surface area contributed by atoms with Gasteiger partial charge in [-0.3, -0.25) is 9.78 Å². The van der Waals surface area contributed by atoms with E-state index in [0.717, 1.165) is 16.9 Å². The molecule has 0 bridgehead atoms. The van der Waals surface area contributed by atoms with Gasteiger partial charge < -0.3 is 18.2 Å². The number of pyridine rings is 2. The fourth-order valence-corrected chi connectivity index (χ4v) is 3.13. The van der Waals surface area contributed by atoms with Crippen molar-refractivity contribution in [1.29, 1.82) is 0 Å². The monoisotopic (exact) mass is 426 g/mol. The minimum absolute atomic E-state index is 0.0987. The second-order valence-electron chi connectivity index (χ2n) is 7.03. The molecule has 0 saturated carbocycles. The molecule has 158 valence electrons. The Labute approximate surface area is 182 Å². The number of hydrogen-bond donors (Lipinski definition) is 0. The summed E-state index contributed by atoms with van der Waals surface area (Å²) in [5.41, 5.74) is 1.68. The van der Waals surface area contributed by atoms with Gasteiger partial charge in [0.2, 0.25) is 5.82 Å². The highest BCUT2D eigenvalue weighted by Gasteiger charge is 2.15. The highest BCUT2D eigenvalue weighted by atomic mass is 16.5. The van der Waals surface area contributed by atoms with Crippen LogP contribution in [-0.4, -0.2) is 19.7 Å². The largest absolute Gasteiger partial charge is 0.489 e. The Kier molecular flexibility index (Phi) is 5.32. The van der Waals surface area contributed by atoms with Crippen molar-refractivity contribution in [2.75, 3.05) is 0 Å². The first-order valence-corrected chi connectivity index (χ1v) is 9.95. The van der Waals surface area contributed by atoms with Crippen LogP contribution in [0.15, 0.2) is 99.1 Å². The Morgan fingerprint density at radius 3 is 2.69 bits per heavy atom. The van der Waals surface area contributed by atoms with Crippen molar-refractivity contribution in [3.05, 3.63) is 107 Å². The van der Waals surface area contributed by atoms with Crippen molar-refractivity contribution in [1.82, 2.24) is 19.7 Å². The first kappa shape index (κ1) is 19.5. The molecule has 0 spiro atoms. The van der Waals surface area contributed by atoms with E-state index in [2.05, 4.69) is 15.1 Å². The third-order valence-corrected chi connectivity index (χ3v) is 4.76. The molecule has 0 aliphatic heterocycles. The van der Waals surface area contributed by atoms with Crippen LogP contribution in [0.4, 0.5) is 0 Å². The van der Waals surface area contributed by atoms with Crippen LogP contribution in [0.5, 0.6) is 5.75 Å². The lowest BCUT2D eigenvalue weighted by atomic mass is 10.2. The summed E-state index contributed by atoms with van der Waals surface area (Å²) < 4.78 is 18.5. The highest BCUT2D eigenvalue weighted by Crippen LogP contribution is 2.25. The third-order valence-electron chi connectivity index (χ3n) is 4.76. The smallest absolute Gasteiger partial charge is 0.293 e. The minimum Gasteiger partial charge on any atom is -0.489 e. The standard InChI is InChI=1S/C24H18N4O4/c29-22-5-1-2-13-28(22)15-20-10-11-21(31-20)24-26-23(27-32-24)18-6-8-19(9-7-18)30-16-17-4-3-12-25-14-17/h1-14H,15-16H2. The van der Waals surface area contributed by atoms with E-state index in [1.165, 1.54) is 6.07 Å². The second kappa shape index (κ2) is 8.73. The van der Waals surface area contributed by atoms with E-state index in [-0.39, 0.29) is 11.4 Å². The number of hydrogen-bond acceptors (Lipinski definition) is 7. The molecule has 0 atom stereocenters. The van der Waals surface area contributed by atoms with Crippen LogP contribution in [0, 0.1) is 0 Å². The van der Waals surface area contributed by atoms with Crippen LogP contribution in [0.3, 0.4) is 0 Å². The van der Waals surface area contributed by atoms with E-state index in [1.807, 2.05) is 36.4 Å². The fraction of sp³-hybridized carbons (Fsp3) is 0.0833. The quantitative estimate of drug-likeness (QED) is 0.385. The van der Waals surface area contributed by atoms with Gasteiger partial charge in [0.15, 0.2) is 5.76 Å².